The zero-order valence-electron chi connectivity index (χ0n) is 42.4. The smallest absolute Gasteiger partial charge is 0.326 e. The van der Waals surface area contributed by atoms with Crippen LogP contribution in [0.15, 0.2) is 48.5 Å². The number of rotatable bonds is 28. The molecule has 3 aliphatic rings. The second kappa shape index (κ2) is 28.3. The number of aliphatic hydroxyl groups is 3. The van der Waals surface area contributed by atoms with Crippen molar-refractivity contribution in [2.75, 3.05) is 32.9 Å². The van der Waals surface area contributed by atoms with Crippen LogP contribution < -0.4 is 37.6 Å². The average molecular weight is 1040 g/mol. The van der Waals surface area contributed by atoms with E-state index < -0.39 is 115 Å². The van der Waals surface area contributed by atoms with Crippen LogP contribution >= 0.6 is 0 Å². The summed E-state index contributed by atoms with van der Waals surface area (Å²) in [4.78, 5) is 119. The van der Waals surface area contributed by atoms with Crippen LogP contribution in [-0.2, 0) is 47.9 Å². The molecule has 22 nitrogen and oxygen atoms in total. The van der Waals surface area contributed by atoms with Crippen molar-refractivity contribution in [1.82, 2.24) is 36.8 Å². The summed E-state index contributed by atoms with van der Waals surface area (Å²) in [7, 11) is 0. The van der Waals surface area contributed by atoms with E-state index in [1.165, 1.54) is 11.8 Å². The topological polar surface area (TPSA) is 345 Å². The minimum Gasteiger partial charge on any atom is -0.480 e. The fraction of sp³-hybridized carbons (Fsp3) is 0.596. The van der Waals surface area contributed by atoms with E-state index in [2.05, 4.69) is 31.9 Å². The van der Waals surface area contributed by atoms with Crippen molar-refractivity contribution in [3.8, 4) is 11.1 Å². The Morgan fingerprint density at radius 1 is 0.730 bits per heavy atom. The number of likely N-dealkylation sites (tertiary alicyclic amines) is 1. The molecule has 0 radical (unpaired) electrons. The Labute approximate surface area is 430 Å². The van der Waals surface area contributed by atoms with Crippen LogP contribution in [0.3, 0.4) is 0 Å². The van der Waals surface area contributed by atoms with Gasteiger partial charge in [-0.3, -0.25) is 38.4 Å². The van der Waals surface area contributed by atoms with Gasteiger partial charge in [-0.1, -0.05) is 81.6 Å². The Morgan fingerprint density at radius 2 is 1.34 bits per heavy atom. The molecule has 8 atom stereocenters. The molecule has 0 bridgehead atoms. The third-order valence-electron chi connectivity index (χ3n) is 13.8. The van der Waals surface area contributed by atoms with Crippen LogP contribution in [0.1, 0.15) is 115 Å². The Bertz CT molecular complexity index is 2260. The SMILES string of the molecule is CC(C)C[C@H](NC(=O)[C@H](CO)NC(=O)[C@H](CCC(N)=O)NC(=O)[C@@H](NC[C@H](CO)NC(=O)[C@H](C)NC(=O)[C@@H]1C[C@@H](O)CN1C(=O)CCCC(=O)OCC1c2ccccc2-c2ccccc21)C1CCCCC1)C(=O)O. The molecule has 406 valence electrons. The number of carboxylic acid groups (broad SMARTS) is 1. The largest absolute Gasteiger partial charge is 0.480 e. The second-order valence-electron chi connectivity index (χ2n) is 20.0. The van der Waals surface area contributed by atoms with Crippen molar-refractivity contribution in [3.63, 3.8) is 0 Å². The fourth-order valence-electron chi connectivity index (χ4n) is 9.87. The van der Waals surface area contributed by atoms with E-state index in [1.54, 1.807) is 13.8 Å². The number of aliphatic hydroxyl groups excluding tert-OH is 3. The number of nitrogens with zero attached hydrogens (tertiary/aromatic N) is 1. The number of ether oxygens (including phenoxy) is 1. The van der Waals surface area contributed by atoms with Gasteiger partial charge in [-0.25, -0.2) is 4.79 Å². The summed E-state index contributed by atoms with van der Waals surface area (Å²) in [6, 6.07) is 7.31. The first kappa shape index (κ1) is 58.4. The highest BCUT2D eigenvalue weighted by molar-refractivity contribution is 5.95. The predicted octanol–water partition coefficient (Wildman–Crippen LogP) is -0.163. The van der Waals surface area contributed by atoms with E-state index in [0.29, 0.717) is 12.8 Å². The number of esters is 1. The van der Waals surface area contributed by atoms with E-state index in [1.807, 2.05) is 48.5 Å². The highest BCUT2D eigenvalue weighted by Crippen LogP contribution is 2.44. The molecule has 74 heavy (non-hydrogen) atoms. The number of hydrogen-bond donors (Lipinski definition) is 11. The molecule has 1 saturated carbocycles. The number of carbonyl (C=O) groups is 9. The molecule has 0 spiro atoms. The second-order valence-corrected chi connectivity index (χ2v) is 20.0. The van der Waals surface area contributed by atoms with Gasteiger partial charge in [0.2, 0.25) is 41.4 Å². The highest BCUT2D eigenvalue weighted by Gasteiger charge is 2.40. The number of benzene rings is 2. The average Bonchev–Trinajstić information content (AvgIpc) is 3.93. The van der Waals surface area contributed by atoms with Crippen LogP contribution in [0.4, 0.5) is 0 Å². The minimum absolute atomic E-state index is 0.0428. The Balaban J connectivity index is 1.12. The Hall–Kier alpha value is -6.49. The van der Waals surface area contributed by atoms with Gasteiger partial charge in [0.15, 0.2) is 0 Å². The maximum atomic E-state index is 14.1. The van der Waals surface area contributed by atoms with Crippen LogP contribution in [0.5, 0.6) is 0 Å². The molecule has 12 N–H and O–H groups in total. The lowest BCUT2D eigenvalue weighted by molar-refractivity contribution is -0.144. The monoisotopic (exact) mass is 1030 g/mol. The maximum Gasteiger partial charge on any atom is 0.326 e. The molecule has 2 aliphatic carbocycles. The summed E-state index contributed by atoms with van der Waals surface area (Å²) < 4.78 is 5.67. The van der Waals surface area contributed by atoms with E-state index in [4.69, 9.17) is 10.5 Å². The van der Waals surface area contributed by atoms with Crippen LogP contribution in [-0.4, -0.2) is 160 Å². The summed E-state index contributed by atoms with van der Waals surface area (Å²) in [5, 5.41) is 56.1. The molecule has 22 heteroatoms. The number of hydrogen-bond acceptors (Lipinski definition) is 14. The number of nitrogens with one attached hydrogen (secondary N) is 6. The number of amides is 7. The van der Waals surface area contributed by atoms with Gasteiger partial charge < -0.3 is 67.7 Å². The van der Waals surface area contributed by atoms with Gasteiger partial charge in [0.1, 0.15) is 36.8 Å². The first-order chi connectivity index (χ1) is 35.3. The number of fused-ring (bicyclic) bond motifs is 3. The van der Waals surface area contributed by atoms with Crippen molar-refractivity contribution in [2.24, 2.45) is 17.6 Å². The van der Waals surface area contributed by atoms with Gasteiger partial charge >= 0.3 is 11.9 Å². The zero-order chi connectivity index (χ0) is 54.1. The van der Waals surface area contributed by atoms with Gasteiger partial charge in [-0.15, -0.1) is 0 Å². The van der Waals surface area contributed by atoms with Gasteiger partial charge in [0.05, 0.1) is 31.4 Å². The van der Waals surface area contributed by atoms with Gasteiger partial charge in [0, 0.05) is 44.7 Å². The molecule has 2 aromatic rings. The quantitative estimate of drug-likeness (QED) is 0.0494. The van der Waals surface area contributed by atoms with E-state index in [9.17, 15) is 63.6 Å². The zero-order valence-corrected chi connectivity index (χ0v) is 42.4. The van der Waals surface area contributed by atoms with E-state index in [-0.39, 0.29) is 82.4 Å². The van der Waals surface area contributed by atoms with Crippen molar-refractivity contribution in [2.45, 2.75) is 152 Å². The summed E-state index contributed by atoms with van der Waals surface area (Å²) in [6.45, 7) is 3.26. The highest BCUT2D eigenvalue weighted by atomic mass is 16.5. The molecule has 1 aliphatic heterocycles. The summed E-state index contributed by atoms with van der Waals surface area (Å²) in [6.07, 6.45) is 2.09. The lowest BCUT2D eigenvalue weighted by Crippen LogP contribution is -2.60. The third kappa shape index (κ3) is 16.5. The van der Waals surface area contributed by atoms with Crippen molar-refractivity contribution >= 4 is 53.3 Å². The molecular formula is C52H74N8O14. The number of primary amides is 1. The van der Waals surface area contributed by atoms with Crippen molar-refractivity contribution in [1.29, 1.82) is 0 Å². The number of carbonyl (C=O) groups excluding carboxylic acids is 8. The lowest BCUT2D eigenvalue weighted by Gasteiger charge is -2.33. The summed E-state index contributed by atoms with van der Waals surface area (Å²) in [5.74, 6) is -7.52. The number of carboxylic acids is 1. The van der Waals surface area contributed by atoms with Gasteiger partial charge in [0.25, 0.3) is 0 Å². The normalized spacial score (nSPS) is 18.9. The molecule has 1 heterocycles. The molecule has 0 unspecified atom stereocenters. The fourth-order valence-corrected chi connectivity index (χ4v) is 9.87. The molecule has 1 saturated heterocycles. The standard InChI is InChI=1S/C52H74N8O14/c1-29(2)22-40(52(72)73)58-49(69)41(27-62)59-48(68)39(20-21-43(53)64)57-51(71)46(31-12-5-4-6-13-31)54-24-32(26-61)56-47(67)30(3)55-50(70)42-23-33(63)25-60(42)44(65)18-11-19-45(66)74-28-38-36-16-9-7-14-34(36)35-15-8-10-17-37(35)38/h7-10,14-17,29-33,38-42,46,54,61-63H,4-6,11-13,18-28H2,1-3H3,(H2,53,64)(H,55,70)(H,56,67)(H,57,71)(H,58,69)(H,59,68)(H,72,73)/t30-,32+,33+,39-,40-,41-,42-,46-/m0/s1. The van der Waals surface area contributed by atoms with Crippen molar-refractivity contribution < 1.29 is 68.3 Å². The Kier molecular flexibility index (Phi) is 22.3. The minimum atomic E-state index is -1.61. The van der Waals surface area contributed by atoms with E-state index >= 15 is 0 Å². The molecule has 7 amide bonds. The lowest BCUT2D eigenvalue weighted by atomic mass is 9.83. The Morgan fingerprint density at radius 3 is 1.93 bits per heavy atom. The van der Waals surface area contributed by atoms with E-state index in [0.717, 1.165) is 41.5 Å². The molecule has 5 rings (SSSR count). The van der Waals surface area contributed by atoms with Crippen LogP contribution in [0, 0.1) is 11.8 Å². The maximum absolute atomic E-state index is 14.1. The van der Waals surface area contributed by atoms with Crippen LogP contribution in [0.2, 0.25) is 0 Å². The molecule has 2 aromatic carbocycles. The van der Waals surface area contributed by atoms with Crippen molar-refractivity contribution in [3.05, 3.63) is 59.7 Å². The first-order valence-corrected chi connectivity index (χ1v) is 25.6. The molecular weight excluding hydrogens is 961 g/mol. The number of aliphatic carboxylic acids is 1. The predicted molar refractivity (Wildman–Crippen MR) is 268 cm³/mol. The molecule has 0 aromatic heterocycles. The number of β-amino-alcohol motifs (C(OH)–C–C–N with tert-alkyl or cyclic N) is 1. The summed E-state index contributed by atoms with van der Waals surface area (Å²) in [5.41, 5.74) is 9.71. The van der Waals surface area contributed by atoms with Gasteiger partial charge in [-0.2, -0.15) is 0 Å². The summed E-state index contributed by atoms with van der Waals surface area (Å²) >= 11 is 0. The third-order valence-corrected chi connectivity index (χ3v) is 13.8. The van der Waals surface area contributed by atoms with Crippen LogP contribution in [0.25, 0.3) is 11.1 Å². The first-order valence-electron chi connectivity index (χ1n) is 25.6. The number of nitrogens with two attached hydrogens (primary N) is 1. The van der Waals surface area contributed by atoms with Gasteiger partial charge in [-0.05, 0) is 73.1 Å². The molecule has 2 fully saturated rings.